The van der Waals surface area contributed by atoms with E-state index in [2.05, 4.69) is 74.3 Å². The van der Waals surface area contributed by atoms with Gasteiger partial charge in [-0.2, -0.15) is 5.10 Å². The molecule has 160 valence electrons. The van der Waals surface area contributed by atoms with Crippen LogP contribution in [-0.2, 0) is 10.2 Å². The van der Waals surface area contributed by atoms with Crippen molar-refractivity contribution in [2.45, 2.75) is 52.4 Å². The van der Waals surface area contributed by atoms with E-state index < -0.39 is 0 Å². The maximum absolute atomic E-state index is 12.4. The molecule has 1 saturated carbocycles. The number of carbonyl (C=O) groups is 1. The van der Waals surface area contributed by atoms with Crippen LogP contribution in [0.25, 0.3) is 0 Å². The Hall–Kier alpha value is -2.82. The predicted octanol–water partition coefficient (Wildman–Crippen LogP) is 4.79. The lowest BCUT2D eigenvalue weighted by atomic mass is 9.86. The van der Waals surface area contributed by atoms with Gasteiger partial charge in [0.1, 0.15) is 5.75 Å². The summed E-state index contributed by atoms with van der Waals surface area (Å²) in [6.07, 6.45) is 2.34. The molecule has 0 heterocycles. The van der Waals surface area contributed by atoms with Crippen molar-refractivity contribution >= 4 is 17.8 Å². The number of phenolic OH excluding ortho intramolecular Hbond substituents is 1. The Labute approximate surface area is 179 Å². The van der Waals surface area contributed by atoms with Crippen LogP contribution in [0.5, 0.6) is 5.75 Å². The van der Waals surface area contributed by atoms with Crippen LogP contribution in [0.2, 0.25) is 0 Å². The van der Waals surface area contributed by atoms with Crippen LogP contribution in [0.1, 0.15) is 63.6 Å². The van der Waals surface area contributed by atoms with Crippen LogP contribution in [0.15, 0.2) is 47.6 Å². The van der Waals surface area contributed by atoms with Gasteiger partial charge in [-0.3, -0.25) is 4.79 Å². The summed E-state index contributed by atoms with van der Waals surface area (Å²) in [4.78, 5) is 14.6. The van der Waals surface area contributed by atoms with Gasteiger partial charge < -0.3 is 10.0 Å². The van der Waals surface area contributed by atoms with E-state index in [1.54, 1.807) is 6.07 Å². The van der Waals surface area contributed by atoms with Gasteiger partial charge in [-0.25, -0.2) is 5.43 Å². The Morgan fingerprint density at radius 1 is 1.17 bits per heavy atom. The fraction of sp³-hybridized carbons (Fsp3) is 0.440. The smallest absolute Gasteiger partial charge is 0.243 e. The Kier molecular flexibility index (Phi) is 6.49. The highest BCUT2D eigenvalue weighted by atomic mass is 16.3. The van der Waals surface area contributed by atoms with Crippen LogP contribution in [0, 0.1) is 5.92 Å². The molecule has 1 aliphatic rings. The number of amides is 1. The molecule has 0 aromatic heterocycles. The minimum atomic E-state index is -0.0737. The monoisotopic (exact) mass is 407 g/mol. The second-order valence-corrected chi connectivity index (χ2v) is 8.97. The number of carbonyl (C=O) groups excluding carboxylic acids is 1. The van der Waals surface area contributed by atoms with E-state index in [9.17, 15) is 9.90 Å². The minimum Gasteiger partial charge on any atom is -0.507 e. The molecular formula is C25H33N3O2. The molecule has 0 saturated heterocycles. The summed E-state index contributed by atoms with van der Waals surface area (Å²) >= 11 is 0. The quantitative estimate of drug-likeness (QED) is 0.512. The zero-order valence-corrected chi connectivity index (χ0v) is 18.6. The SMILES string of the molecule is CCN(CC)c1ccc(/C=N/NC(=O)[C@H]2C[C@@H]2c2ccc(C(C)(C)C)cc2)c(O)c1. The number of anilines is 1. The Morgan fingerprint density at radius 3 is 2.40 bits per heavy atom. The zero-order valence-electron chi connectivity index (χ0n) is 18.6. The number of nitrogens with zero attached hydrogens (tertiary/aromatic N) is 2. The van der Waals surface area contributed by atoms with E-state index >= 15 is 0 Å². The number of hydrogen-bond donors (Lipinski definition) is 2. The number of nitrogens with one attached hydrogen (secondary N) is 1. The number of aromatic hydroxyl groups is 1. The Morgan fingerprint density at radius 2 is 1.83 bits per heavy atom. The molecule has 5 heteroatoms. The topological polar surface area (TPSA) is 64.9 Å². The van der Waals surface area contributed by atoms with Crippen LogP contribution < -0.4 is 10.3 Å². The van der Waals surface area contributed by atoms with Gasteiger partial charge in [-0.05, 0) is 54.9 Å². The molecule has 30 heavy (non-hydrogen) atoms. The summed E-state index contributed by atoms with van der Waals surface area (Å²) in [5.74, 6) is 0.299. The summed E-state index contributed by atoms with van der Waals surface area (Å²) < 4.78 is 0. The van der Waals surface area contributed by atoms with Crippen molar-refractivity contribution < 1.29 is 9.90 Å². The molecule has 0 bridgehead atoms. The Balaban J connectivity index is 1.56. The average molecular weight is 408 g/mol. The third-order valence-electron chi connectivity index (χ3n) is 5.85. The second kappa shape index (κ2) is 8.90. The highest BCUT2D eigenvalue weighted by molar-refractivity contribution is 5.87. The van der Waals surface area contributed by atoms with E-state index in [1.165, 1.54) is 17.3 Å². The van der Waals surface area contributed by atoms with Gasteiger partial charge >= 0.3 is 0 Å². The molecule has 2 N–H and O–H groups in total. The number of hydrogen-bond acceptors (Lipinski definition) is 4. The van der Waals surface area contributed by atoms with Crippen molar-refractivity contribution in [1.82, 2.24) is 5.43 Å². The second-order valence-electron chi connectivity index (χ2n) is 8.97. The minimum absolute atomic E-state index is 0.0405. The standard InChI is InChI=1S/C25H33N3O2/c1-6-28(7-2)20-13-10-18(23(29)14-20)16-26-27-24(30)22-15-21(22)17-8-11-19(12-9-17)25(3,4)5/h8-14,16,21-22,29H,6-7,15H2,1-5H3,(H,27,30)/b26-16+/t21-,22+/m1/s1. The highest BCUT2D eigenvalue weighted by Gasteiger charge is 2.44. The molecule has 0 spiro atoms. The van der Waals surface area contributed by atoms with Gasteiger partial charge in [0.25, 0.3) is 0 Å². The zero-order chi connectivity index (χ0) is 21.9. The molecule has 5 nitrogen and oxygen atoms in total. The van der Waals surface area contributed by atoms with E-state index in [-0.39, 0.29) is 28.9 Å². The fourth-order valence-electron chi connectivity index (χ4n) is 3.76. The normalized spacial score (nSPS) is 18.4. The summed E-state index contributed by atoms with van der Waals surface area (Å²) in [7, 11) is 0. The number of benzene rings is 2. The molecule has 1 aliphatic carbocycles. The van der Waals surface area contributed by atoms with Crippen LogP contribution in [0.4, 0.5) is 5.69 Å². The van der Waals surface area contributed by atoms with E-state index in [0.29, 0.717) is 5.56 Å². The summed E-state index contributed by atoms with van der Waals surface area (Å²) in [6, 6.07) is 14.1. The third kappa shape index (κ3) is 5.02. The van der Waals surface area contributed by atoms with Gasteiger partial charge in [0.2, 0.25) is 5.91 Å². The molecule has 0 unspecified atom stereocenters. The summed E-state index contributed by atoms with van der Waals surface area (Å²) in [5, 5.41) is 14.3. The van der Waals surface area contributed by atoms with Gasteiger partial charge in [0.05, 0.1) is 6.21 Å². The maximum Gasteiger partial charge on any atom is 0.243 e. The lowest BCUT2D eigenvalue weighted by Gasteiger charge is -2.21. The van der Waals surface area contributed by atoms with Crippen molar-refractivity contribution in [2.24, 2.45) is 11.0 Å². The van der Waals surface area contributed by atoms with Gasteiger partial charge in [0.15, 0.2) is 0 Å². The van der Waals surface area contributed by atoms with E-state index in [0.717, 1.165) is 25.2 Å². The molecular weight excluding hydrogens is 374 g/mol. The molecule has 0 radical (unpaired) electrons. The number of hydrazone groups is 1. The largest absolute Gasteiger partial charge is 0.507 e. The lowest BCUT2D eigenvalue weighted by Crippen LogP contribution is -2.21. The van der Waals surface area contributed by atoms with Gasteiger partial charge in [-0.1, -0.05) is 45.0 Å². The molecule has 1 amide bonds. The lowest BCUT2D eigenvalue weighted by molar-refractivity contribution is -0.122. The van der Waals surface area contributed by atoms with Crippen molar-refractivity contribution in [1.29, 1.82) is 0 Å². The molecule has 0 aliphatic heterocycles. The first-order valence-corrected chi connectivity index (χ1v) is 10.8. The van der Waals surface area contributed by atoms with Crippen molar-refractivity contribution in [3.05, 3.63) is 59.2 Å². The molecule has 2 aromatic carbocycles. The summed E-state index contributed by atoms with van der Waals surface area (Å²) in [5.41, 5.74) is 6.80. The molecule has 2 atom stereocenters. The van der Waals surface area contributed by atoms with Crippen molar-refractivity contribution in [2.75, 3.05) is 18.0 Å². The Bertz CT molecular complexity index is 909. The summed E-state index contributed by atoms with van der Waals surface area (Å²) in [6.45, 7) is 12.5. The van der Waals surface area contributed by atoms with Gasteiger partial charge in [-0.15, -0.1) is 0 Å². The van der Waals surface area contributed by atoms with Crippen molar-refractivity contribution in [3.63, 3.8) is 0 Å². The maximum atomic E-state index is 12.4. The van der Waals surface area contributed by atoms with Crippen LogP contribution >= 0.6 is 0 Å². The molecule has 2 aromatic rings. The van der Waals surface area contributed by atoms with E-state index in [4.69, 9.17) is 0 Å². The van der Waals surface area contributed by atoms with Crippen LogP contribution in [-0.4, -0.2) is 30.3 Å². The number of phenols is 1. The highest BCUT2D eigenvalue weighted by Crippen LogP contribution is 2.47. The predicted molar refractivity (Wildman–Crippen MR) is 123 cm³/mol. The molecule has 1 fully saturated rings. The van der Waals surface area contributed by atoms with Crippen LogP contribution in [0.3, 0.4) is 0 Å². The average Bonchev–Trinajstić information content (AvgIpc) is 3.51. The fourth-order valence-corrected chi connectivity index (χ4v) is 3.76. The number of rotatable bonds is 7. The first kappa shape index (κ1) is 21.9. The first-order chi connectivity index (χ1) is 14.2. The third-order valence-corrected chi connectivity index (χ3v) is 5.85. The molecule has 3 rings (SSSR count). The van der Waals surface area contributed by atoms with Crippen molar-refractivity contribution in [3.8, 4) is 5.75 Å². The van der Waals surface area contributed by atoms with Gasteiger partial charge in [0, 0.05) is 36.3 Å². The van der Waals surface area contributed by atoms with E-state index in [1.807, 2.05) is 12.1 Å². The first-order valence-electron chi connectivity index (χ1n) is 10.8.